The minimum absolute atomic E-state index is 0.129. The summed E-state index contributed by atoms with van der Waals surface area (Å²) in [4.78, 5) is 0. The maximum atomic E-state index is 12.7. The van der Waals surface area contributed by atoms with Crippen LogP contribution in [0.5, 0.6) is 5.75 Å². The van der Waals surface area contributed by atoms with Crippen molar-refractivity contribution in [3.63, 3.8) is 0 Å². The number of nitrogens with one attached hydrogen (secondary N) is 1. The van der Waals surface area contributed by atoms with Crippen LogP contribution in [-0.2, 0) is 11.6 Å². The van der Waals surface area contributed by atoms with E-state index in [0.29, 0.717) is 18.8 Å². The normalized spacial score (nSPS) is 12.1. The highest BCUT2D eigenvalue weighted by Crippen LogP contribution is 2.30. The monoisotopic (exact) mass is 351 g/mol. The average molecular weight is 351 g/mol. The zero-order valence-electron chi connectivity index (χ0n) is 14.8. The lowest BCUT2D eigenvalue weighted by atomic mass is 9.82. The summed E-state index contributed by atoms with van der Waals surface area (Å²) in [6.07, 6.45) is -3.28. The molecule has 5 heteroatoms. The van der Waals surface area contributed by atoms with E-state index in [0.717, 1.165) is 24.3 Å². The first-order chi connectivity index (χ1) is 11.7. The third-order valence-electron chi connectivity index (χ3n) is 4.41. The molecule has 2 nitrogen and oxygen atoms in total. The summed E-state index contributed by atoms with van der Waals surface area (Å²) >= 11 is 0. The maximum absolute atomic E-state index is 12.7. The maximum Gasteiger partial charge on any atom is 0.416 e. The van der Waals surface area contributed by atoms with E-state index in [1.54, 1.807) is 6.07 Å². The van der Waals surface area contributed by atoms with Crippen LogP contribution in [0, 0.1) is 0 Å². The molecule has 1 N–H and O–H groups in total. The van der Waals surface area contributed by atoms with E-state index < -0.39 is 11.7 Å². The molecular weight excluding hydrogens is 327 g/mol. The Balaban J connectivity index is 1.84. The first-order valence-corrected chi connectivity index (χ1v) is 8.37. The number of benzene rings is 2. The Bertz CT molecular complexity index is 678. The lowest BCUT2D eigenvalue weighted by molar-refractivity contribution is -0.137. The second-order valence-corrected chi connectivity index (χ2v) is 6.62. The number of ether oxygens (including phenoxy) is 1. The zero-order chi connectivity index (χ0) is 18.5. The summed E-state index contributed by atoms with van der Waals surface area (Å²) < 4.78 is 43.6. The molecule has 0 bridgehead atoms. The standard InChI is InChI=1S/C20H24F3NO/c1-4-19(2,3)15-8-10-18(11-9-15)25-13-12-24-17-7-5-6-16(14-17)20(21,22)23/h5-11,14,24H,4,12-13H2,1-3H3. The molecule has 2 aromatic carbocycles. The molecule has 25 heavy (non-hydrogen) atoms. The highest BCUT2D eigenvalue weighted by Gasteiger charge is 2.30. The van der Waals surface area contributed by atoms with E-state index in [9.17, 15) is 13.2 Å². The Morgan fingerprint density at radius 2 is 1.64 bits per heavy atom. The molecule has 2 aromatic rings. The molecule has 0 spiro atoms. The Kier molecular flexibility index (Phi) is 5.98. The number of alkyl halides is 3. The van der Waals surface area contributed by atoms with Gasteiger partial charge in [-0.05, 0) is 47.7 Å². The molecule has 0 aliphatic rings. The van der Waals surface area contributed by atoms with Gasteiger partial charge in [0.25, 0.3) is 0 Å². The van der Waals surface area contributed by atoms with Crippen LogP contribution >= 0.6 is 0 Å². The van der Waals surface area contributed by atoms with Gasteiger partial charge < -0.3 is 10.1 Å². The highest BCUT2D eigenvalue weighted by molar-refractivity contribution is 5.46. The molecular formula is C20H24F3NO. The number of hydrogen-bond acceptors (Lipinski definition) is 2. The molecule has 136 valence electrons. The van der Waals surface area contributed by atoms with Crippen molar-refractivity contribution < 1.29 is 17.9 Å². The van der Waals surface area contributed by atoms with Crippen molar-refractivity contribution in [3.8, 4) is 5.75 Å². The van der Waals surface area contributed by atoms with Gasteiger partial charge in [0.2, 0.25) is 0 Å². The van der Waals surface area contributed by atoms with Crippen LogP contribution < -0.4 is 10.1 Å². The zero-order valence-corrected chi connectivity index (χ0v) is 14.8. The molecule has 0 saturated carbocycles. The van der Waals surface area contributed by atoms with E-state index >= 15 is 0 Å². The van der Waals surface area contributed by atoms with Crippen molar-refractivity contribution in [3.05, 3.63) is 59.7 Å². The van der Waals surface area contributed by atoms with Crippen LogP contribution in [0.3, 0.4) is 0 Å². The molecule has 2 rings (SSSR count). The molecule has 0 aliphatic heterocycles. The summed E-state index contributed by atoms with van der Waals surface area (Å²) in [5.74, 6) is 0.751. The van der Waals surface area contributed by atoms with E-state index in [-0.39, 0.29) is 5.41 Å². The van der Waals surface area contributed by atoms with E-state index in [2.05, 4.69) is 38.2 Å². The predicted octanol–water partition coefficient (Wildman–Crippen LogP) is 5.88. The second kappa shape index (κ2) is 7.81. The Morgan fingerprint density at radius 3 is 2.24 bits per heavy atom. The van der Waals surface area contributed by atoms with Gasteiger partial charge in [0.15, 0.2) is 0 Å². The van der Waals surface area contributed by atoms with Crippen molar-refractivity contribution >= 4 is 5.69 Å². The summed E-state index contributed by atoms with van der Waals surface area (Å²) in [5, 5.41) is 2.95. The van der Waals surface area contributed by atoms with Gasteiger partial charge in [-0.3, -0.25) is 0 Å². The fourth-order valence-electron chi connectivity index (χ4n) is 2.38. The summed E-state index contributed by atoms with van der Waals surface area (Å²) in [7, 11) is 0. The molecule has 0 aromatic heterocycles. The first kappa shape index (κ1) is 19.2. The van der Waals surface area contributed by atoms with E-state index in [1.165, 1.54) is 11.6 Å². The lowest BCUT2D eigenvalue weighted by Crippen LogP contribution is -2.15. The fraction of sp³-hybridized carbons (Fsp3) is 0.400. The molecule has 0 heterocycles. The Morgan fingerprint density at radius 1 is 0.960 bits per heavy atom. The van der Waals surface area contributed by atoms with E-state index in [4.69, 9.17) is 4.74 Å². The number of anilines is 1. The van der Waals surface area contributed by atoms with Crippen molar-refractivity contribution in [2.75, 3.05) is 18.5 Å². The van der Waals surface area contributed by atoms with Crippen LogP contribution in [-0.4, -0.2) is 13.2 Å². The van der Waals surface area contributed by atoms with Crippen LogP contribution in [0.1, 0.15) is 38.3 Å². The fourth-order valence-corrected chi connectivity index (χ4v) is 2.38. The van der Waals surface area contributed by atoms with Crippen LogP contribution in [0.25, 0.3) is 0 Å². The number of hydrogen-bond donors (Lipinski definition) is 1. The van der Waals surface area contributed by atoms with Gasteiger partial charge in [-0.2, -0.15) is 13.2 Å². The molecule has 0 unspecified atom stereocenters. The Hall–Kier alpha value is -2.17. The molecule has 0 amide bonds. The first-order valence-electron chi connectivity index (χ1n) is 8.37. The smallest absolute Gasteiger partial charge is 0.416 e. The second-order valence-electron chi connectivity index (χ2n) is 6.62. The summed E-state index contributed by atoms with van der Waals surface area (Å²) in [5.41, 5.74) is 1.15. The van der Waals surface area contributed by atoms with Gasteiger partial charge in [-0.15, -0.1) is 0 Å². The lowest BCUT2D eigenvalue weighted by Gasteiger charge is -2.23. The van der Waals surface area contributed by atoms with Crippen molar-refractivity contribution in [2.24, 2.45) is 0 Å². The predicted molar refractivity (Wildman–Crippen MR) is 95.2 cm³/mol. The third kappa shape index (κ3) is 5.41. The summed E-state index contributed by atoms with van der Waals surface area (Å²) in [6.45, 7) is 7.34. The van der Waals surface area contributed by atoms with Crippen molar-refractivity contribution in [2.45, 2.75) is 38.8 Å². The molecule has 0 atom stereocenters. The minimum Gasteiger partial charge on any atom is -0.492 e. The van der Waals surface area contributed by atoms with Gasteiger partial charge in [-0.25, -0.2) is 0 Å². The van der Waals surface area contributed by atoms with Gasteiger partial charge >= 0.3 is 6.18 Å². The van der Waals surface area contributed by atoms with Crippen molar-refractivity contribution in [1.82, 2.24) is 0 Å². The Labute approximate surface area is 147 Å². The topological polar surface area (TPSA) is 21.3 Å². The quantitative estimate of drug-likeness (QED) is 0.629. The van der Waals surface area contributed by atoms with Gasteiger partial charge in [0.1, 0.15) is 12.4 Å². The molecule has 0 saturated heterocycles. The van der Waals surface area contributed by atoms with Crippen molar-refractivity contribution in [1.29, 1.82) is 0 Å². The molecule has 0 aliphatic carbocycles. The highest BCUT2D eigenvalue weighted by atomic mass is 19.4. The minimum atomic E-state index is -4.33. The SMILES string of the molecule is CCC(C)(C)c1ccc(OCCNc2cccc(C(F)(F)F)c2)cc1. The largest absolute Gasteiger partial charge is 0.492 e. The van der Waals surface area contributed by atoms with E-state index in [1.807, 2.05) is 12.1 Å². The third-order valence-corrected chi connectivity index (χ3v) is 4.41. The number of halogens is 3. The molecule has 0 fully saturated rings. The van der Waals surface area contributed by atoms with Crippen LogP contribution in [0.2, 0.25) is 0 Å². The molecule has 0 radical (unpaired) electrons. The average Bonchev–Trinajstić information content (AvgIpc) is 2.59. The van der Waals surface area contributed by atoms with Crippen LogP contribution in [0.4, 0.5) is 18.9 Å². The number of rotatable bonds is 7. The summed E-state index contributed by atoms with van der Waals surface area (Å²) in [6, 6.07) is 13.1. The van der Waals surface area contributed by atoms with Gasteiger partial charge in [-0.1, -0.05) is 39.0 Å². The van der Waals surface area contributed by atoms with Crippen LogP contribution in [0.15, 0.2) is 48.5 Å². The van der Waals surface area contributed by atoms with Gasteiger partial charge in [0, 0.05) is 12.2 Å². The van der Waals surface area contributed by atoms with Gasteiger partial charge in [0.05, 0.1) is 5.56 Å².